The number of rotatable bonds is 2. The average molecular weight is 237 g/mol. The molecule has 0 fully saturated rings. The quantitative estimate of drug-likeness (QED) is 0.805. The molecule has 0 saturated heterocycles. The molecule has 2 rings (SSSR count). The first-order valence-electron chi connectivity index (χ1n) is 5.16. The van der Waals surface area contributed by atoms with E-state index in [9.17, 15) is 0 Å². The monoisotopic (exact) mass is 236 g/mol. The zero-order chi connectivity index (χ0) is 11.7. The van der Waals surface area contributed by atoms with E-state index >= 15 is 0 Å². The molecule has 84 valence electrons. The van der Waals surface area contributed by atoms with E-state index in [4.69, 9.17) is 11.6 Å². The molecular formula is C11H13ClN4. The molecule has 0 spiro atoms. The van der Waals surface area contributed by atoms with Gasteiger partial charge in [0.15, 0.2) is 5.15 Å². The van der Waals surface area contributed by atoms with Crippen LogP contribution in [-0.4, -0.2) is 20.0 Å². The number of halogens is 1. The van der Waals surface area contributed by atoms with Crippen molar-refractivity contribution < 1.29 is 0 Å². The van der Waals surface area contributed by atoms with Crippen molar-refractivity contribution in [1.29, 1.82) is 0 Å². The van der Waals surface area contributed by atoms with Crippen molar-refractivity contribution in [1.82, 2.24) is 20.0 Å². The van der Waals surface area contributed by atoms with Gasteiger partial charge in [0, 0.05) is 12.7 Å². The highest BCUT2D eigenvalue weighted by Gasteiger charge is 2.13. The van der Waals surface area contributed by atoms with Gasteiger partial charge in [0.1, 0.15) is 5.69 Å². The highest BCUT2D eigenvalue weighted by molar-refractivity contribution is 6.30. The largest absolute Gasteiger partial charge is 0.264 e. The molecule has 0 aliphatic rings. The predicted octanol–water partition coefficient (Wildman–Crippen LogP) is 2.63. The molecule has 2 aromatic heterocycles. The molecule has 0 saturated carbocycles. The Morgan fingerprint density at radius 1 is 1.25 bits per heavy atom. The van der Waals surface area contributed by atoms with Gasteiger partial charge in [-0.3, -0.25) is 4.68 Å². The van der Waals surface area contributed by atoms with E-state index in [0.29, 0.717) is 5.15 Å². The minimum Gasteiger partial charge on any atom is -0.264 e. The normalized spacial score (nSPS) is 10.8. The van der Waals surface area contributed by atoms with Crippen LogP contribution in [0.25, 0.3) is 11.4 Å². The van der Waals surface area contributed by atoms with Gasteiger partial charge >= 0.3 is 0 Å². The van der Waals surface area contributed by atoms with Crippen LogP contribution in [0.15, 0.2) is 12.3 Å². The number of hydrogen-bond donors (Lipinski definition) is 0. The van der Waals surface area contributed by atoms with Gasteiger partial charge in [-0.2, -0.15) is 5.10 Å². The SMILES string of the molecule is CCn1nccc1-c1nnc(Cl)c(C)c1C. The smallest absolute Gasteiger partial charge is 0.154 e. The second-order valence-electron chi connectivity index (χ2n) is 3.62. The summed E-state index contributed by atoms with van der Waals surface area (Å²) in [5.74, 6) is 0. The van der Waals surface area contributed by atoms with Crippen molar-refractivity contribution in [2.24, 2.45) is 0 Å². The minimum atomic E-state index is 0.462. The summed E-state index contributed by atoms with van der Waals surface area (Å²) in [6, 6.07) is 1.94. The Morgan fingerprint density at radius 2 is 2.00 bits per heavy atom. The lowest BCUT2D eigenvalue weighted by Gasteiger charge is -2.09. The van der Waals surface area contributed by atoms with Gasteiger partial charge in [0.2, 0.25) is 0 Å². The van der Waals surface area contributed by atoms with Gasteiger partial charge in [-0.15, -0.1) is 10.2 Å². The number of aryl methyl sites for hydroxylation is 1. The summed E-state index contributed by atoms with van der Waals surface area (Å²) < 4.78 is 1.89. The van der Waals surface area contributed by atoms with Crippen LogP contribution in [0.2, 0.25) is 5.15 Å². The van der Waals surface area contributed by atoms with E-state index in [1.54, 1.807) is 6.20 Å². The lowest BCUT2D eigenvalue weighted by atomic mass is 10.1. The second-order valence-corrected chi connectivity index (χ2v) is 3.98. The zero-order valence-corrected chi connectivity index (χ0v) is 10.3. The maximum Gasteiger partial charge on any atom is 0.154 e. The zero-order valence-electron chi connectivity index (χ0n) is 9.53. The minimum absolute atomic E-state index is 0.462. The van der Waals surface area contributed by atoms with Crippen LogP contribution in [-0.2, 0) is 6.54 Å². The number of aromatic nitrogens is 4. The molecule has 2 heterocycles. The summed E-state index contributed by atoms with van der Waals surface area (Å²) >= 11 is 5.92. The molecular weight excluding hydrogens is 224 g/mol. The van der Waals surface area contributed by atoms with Crippen LogP contribution in [0.1, 0.15) is 18.1 Å². The van der Waals surface area contributed by atoms with E-state index in [0.717, 1.165) is 29.1 Å². The Morgan fingerprint density at radius 3 is 2.69 bits per heavy atom. The van der Waals surface area contributed by atoms with Crippen molar-refractivity contribution in [2.45, 2.75) is 27.3 Å². The van der Waals surface area contributed by atoms with Crippen LogP contribution in [0.5, 0.6) is 0 Å². The van der Waals surface area contributed by atoms with Crippen LogP contribution in [0.3, 0.4) is 0 Å². The molecule has 0 bridgehead atoms. The van der Waals surface area contributed by atoms with Crippen LogP contribution >= 0.6 is 11.6 Å². The molecule has 0 unspecified atom stereocenters. The van der Waals surface area contributed by atoms with Gasteiger partial charge in [-0.25, -0.2) is 0 Å². The summed E-state index contributed by atoms with van der Waals surface area (Å²) in [5.41, 5.74) is 3.85. The van der Waals surface area contributed by atoms with Crippen LogP contribution < -0.4 is 0 Å². The third kappa shape index (κ3) is 1.69. The maximum absolute atomic E-state index is 5.92. The van der Waals surface area contributed by atoms with Gasteiger partial charge in [0.05, 0.1) is 5.69 Å². The van der Waals surface area contributed by atoms with E-state index in [1.807, 2.05) is 31.5 Å². The van der Waals surface area contributed by atoms with Crippen molar-refractivity contribution >= 4 is 11.6 Å². The first kappa shape index (κ1) is 11.1. The molecule has 0 N–H and O–H groups in total. The molecule has 16 heavy (non-hydrogen) atoms. The Balaban J connectivity index is 2.61. The third-order valence-corrected chi connectivity index (χ3v) is 3.08. The lowest BCUT2D eigenvalue weighted by molar-refractivity contribution is 0.664. The van der Waals surface area contributed by atoms with Gasteiger partial charge in [-0.05, 0) is 38.0 Å². The first-order chi connectivity index (χ1) is 7.65. The summed E-state index contributed by atoms with van der Waals surface area (Å²) in [6.45, 7) is 6.80. The first-order valence-corrected chi connectivity index (χ1v) is 5.54. The fourth-order valence-corrected chi connectivity index (χ4v) is 1.78. The number of nitrogens with zero attached hydrogens (tertiary/aromatic N) is 4. The van der Waals surface area contributed by atoms with E-state index in [2.05, 4.69) is 15.3 Å². The molecule has 0 atom stereocenters. The topological polar surface area (TPSA) is 43.6 Å². The molecule has 0 aliphatic carbocycles. The molecule has 2 aromatic rings. The number of hydrogen-bond acceptors (Lipinski definition) is 3. The molecule has 5 heteroatoms. The summed E-state index contributed by atoms with van der Waals surface area (Å²) in [7, 11) is 0. The van der Waals surface area contributed by atoms with E-state index < -0.39 is 0 Å². The Labute approximate surface area is 99.3 Å². The van der Waals surface area contributed by atoms with Crippen LogP contribution in [0, 0.1) is 13.8 Å². The Bertz CT molecular complexity index is 519. The summed E-state index contributed by atoms with van der Waals surface area (Å²) in [6.07, 6.45) is 1.77. The van der Waals surface area contributed by atoms with E-state index in [-0.39, 0.29) is 0 Å². The average Bonchev–Trinajstić information content (AvgIpc) is 2.74. The van der Waals surface area contributed by atoms with Crippen molar-refractivity contribution in [3.63, 3.8) is 0 Å². The highest BCUT2D eigenvalue weighted by atomic mass is 35.5. The highest BCUT2D eigenvalue weighted by Crippen LogP contribution is 2.25. The predicted molar refractivity (Wildman–Crippen MR) is 63.4 cm³/mol. The molecule has 0 radical (unpaired) electrons. The Kier molecular flexibility index (Phi) is 2.92. The fraction of sp³-hybridized carbons (Fsp3) is 0.364. The molecule has 0 aliphatic heterocycles. The van der Waals surface area contributed by atoms with E-state index in [1.165, 1.54) is 0 Å². The maximum atomic E-state index is 5.92. The van der Waals surface area contributed by atoms with Gasteiger partial charge in [0.25, 0.3) is 0 Å². The van der Waals surface area contributed by atoms with Crippen molar-refractivity contribution in [3.05, 3.63) is 28.5 Å². The summed E-state index contributed by atoms with van der Waals surface area (Å²) in [5, 5.41) is 12.8. The van der Waals surface area contributed by atoms with Gasteiger partial charge in [-0.1, -0.05) is 11.6 Å². The lowest BCUT2D eigenvalue weighted by Crippen LogP contribution is -2.03. The molecule has 4 nitrogen and oxygen atoms in total. The second kappa shape index (κ2) is 4.22. The van der Waals surface area contributed by atoms with Crippen LogP contribution in [0.4, 0.5) is 0 Å². The molecule has 0 aromatic carbocycles. The van der Waals surface area contributed by atoms with Crippen molar-refractivity contribution in [3.8, 4) is 11.4 Å². The fourth-order valence-electron chi connectivity index (χ4n) is 1.61. The summed E-state index contributed by atoms with van der Waals surface area (Å²) in [4.78, 5) is 0. The van der Waals surface area contributed by atoms with Gasteiger partial charge < -0.3 is 0 Å². The Hall–Kier alpha value is -1.42. The molecule has 0 amide bonds. The van der Waals surface area contributed by atoms with Crippen molar-refractivity contribution in [2.75, 3.05) is 0 Å². The standard InChI is InChI=1S/C11H13ClN4/c1-4-16-9(5-6-13-16)10-7(2)8(3)11(12)15-14-10/h5-6H,4H2,1-3H3. The third-order valence-electron chi connectivity index (χ3n) is 2.72.